The standard InChI is InChI=1S/C11H10Br3NO4/c12-5-4-6(13)10(9(14)8(5)11(15)18)19-3-1-2-7(16)17/h4H,1-3H2,(H2,15,18)(H,16,17). The summed E-state index contributed by atoms with van der Waals surface area (Å²) >= 11 is 9.81. The Hall–Kier alpha value is -0.600. The molecule has 0 bridgehead atoms. The van der Waals surface area contributed by atoms with Gasteiger partial charge in [0, 0.05) is 10.9 Å². The number of carbonyl (C=O) groups excluding carboxylic acids is 1. The number of halogens is 3. The van der Waals surface area contributed by atoms with Crippen molar-refractivity contribution in [1.29, 1.82) is 0 Å². The number of aliphatic carboxylic acids is 1. The fourth-order valence-corrected chi connectivity index (χ4v) is 4.07. The number of carbonyl (C=O) groups is 2. The van der Waals surface area contributed by atoms with Crippen molar-refractivity contribution in [3.63, 3.8) is 0 Å². The summed E-state index contributed by atoms with van der Waals surface area (Å²) in [5.74, 6) is -1.06. The third kappa shape index (κ3) is 4.47. The number of hydrogen-bond acceptors (Lipinski definition) is 3. The van der Waals surface area contributed by atoms with Gasteiger partial charge in [0.25, 0.3) is 5.91 Å². The van der Waals surface area contributed by atoms with E-state index in [0.29, 0.717) is 25.6 Å². The van der Waals surface area contributed by atoms with E-state index in [1.807, 2.05) is 0 Å². The van der Waals surface area contributed by atoms with Gasteiger partial charge in [0.1, 0.15) is 5.75 Å². The van der Waals surface area contributed by atoms with Crippen molar-refractivity contribution >= 4 is 59.7 Å². The Morgan fingerprint density at radius 2 is 1.89 bits per heavy atom. The van der Waals surface area contributed by atoms with E-state index in [0.717, 1.165) is 0 Å². The summed E-state index contributed by atoms with van der Waals surface area (Å²) < 4.78 is 7.08. The number of hydrogen-bond donors (Lipinski definition) is 2. The minimum atomic E-state index is -0.879. The van der Waals surface area contributed by atoms with Crippen LogP contribution < -0.4 is 10.5 Å². The van der Waals surface area contributed by atoms with Crippen molar-refractivity contribution in [2.75, 3.05) is 6.61 Å². The second-order valence-electron chi connectivity index (χ2n) is 3.57. The first kappa shape index (κ1) is 16.5. The highest BCUT2D eigenvalue weighted by atomic mass is 79.9. The second kappa shape index (κ2) is 7.25. The molecule has 0 atom stereocenters. The number of rotatable bonds is 6. The molecule has 8 heteroatoms. The number of carboxylic acids is 1. The first-order valence-electron chi connectivity index (χ1n) is 5.16. The predicted octanol–water partition coefficient (Wildman–Crippen LogP) is 3.32. The van der Waals surface area contributed by atoms with Gasteiger partial charge in [-0.2, -0.15) is 0 Å². The first-order chi connectivity index (χ1) is 8.84. The van der Waals surface area contributed by atoms with E-state index in [4.69, 9.17) is 15.6 Å². The van der Waals surface area contributed by atoms with Crippen LogP contribution in [0.25, 0.3) is 0 Å². The van der Waals surface area contributed by atoms with Gasteiger partial charge in [0.15, 0.2) is 0 Å². The molecule has 1 rings (SSSR count). The van der Waals surface area contributed by atoms with Gasteiger partial charge in [-0.3, -0.25) is 9.59 Å². The van der Waals surface area contributed by atoms with E-state index >= 15 is 0 Å². The quantitative estimate of drug-likeness (QED) is 0.639. The lowest BCUT2D eigenvalue weighted by molar-refractivity contribution is -0.137. The molecule has 1 amide bonds. The summed E-state index contributed by atoms with van der Waals surface area (Å²) in [5, 5.41) is 8.53. The summed E-state index contributed by atoms with van der Waals surface area (Å²) in [6.45, 7) is 0.226. The van der Waals surface area contributed by atoms with Crippen LogP contribution in [0.15, 0.2) is 19.5 Å². The molecule has 0 spiro atoms. The molecule has 1 aromatic carbocycles. The van der Waals surface area contributed by atoms with Gasteiger partial charge in [-0.1, -0.05) is 0 Å². The number of primary amides is 1. The van der Waals surface area contributed by atoms with Gasteiger partial charge < -0.3 is 15.6 Å². The molecule has 3 N–H and O–H groups in total. The van der Waals surface area contributed by atoms with E-state index in [-0.39, 0.29) is 18.6 Å². The SMILES string of the molecule is NC(=O)c1c(Br)cc(Br)c(OCCCC(=O)O)c1Br. The Morgan fingerprint density at radius 3 is 2.42 bits per heavy atom. The Labute approximate surface area is 134 Å². The zero-order valence-electron chi connectivity index (χ0n) is 9.58. The van der Waals surface area contributed by atoms with Crippen LogP contribution in [0, 0.1) is 0 Å². The maximum Gasteiger partial charge on any atom is 0.303 e. The molecule has 1 aromatic rings. The van der Waals surface area contributed by atoms with Gasteiger partial charge in [-0.15, -0.1) is 0 Å². The molecular formula is C11H10Br3NO4. The van der Waals surface area contributed by atoms with Gasteiger partial charge in [0.2, 0.25) is 0 Å². The molecule has 0 unspecified atom stereocenters. The van der Waals surface area contributed by atoms with Gasteiger partial charge in [-0.25, -0.2) is 0 Å². The number of amides is 1. The Balaban J connectivity index is 2.91. The zero-order chi connectivity index (χ0) is 14.6. The van der Waals surface area contributed by atoms with Gasteiger partial charge in [0.05, 0.1) is 21.1 Å². The summed E-state index contributed by atoms with van der Waals surface area (Å²) in [7, 11) is 0. The monoisotopic (exact) mass is 457 g/mol. The van der Waals surface area contributed by atoms with E-state index < -0.39 is 11.9 Å². The van der Waals surface area contributed by atoms with Crippen molar-refractivity contribution < 1.29 is 19.4 Å². The maximum atomic E-state index is 11.3. The van der Waals surface area contributed by atoms with Crippen LogP contribution in [0.3, 0.4) is 0 Å². The summed E-state index contributed by atoms with van der Waals surface area (Å²) in [4.78, 5) is 21.7. The molecule has 0 heterocycles. The predicted molar refractivity (Wildman–Crippen MR) is 80.4 cm³/mol. The van der Waals surface area contributed by atoms with E-state index in [2.05, 4.69) is 47.8 Å². The summed E-state index contributed by atoms with van der Waals surface area (Å²) in [6, 6.07) is 1.65. The molecule has 0 saturated heterocycles. The highest BCUT2D eigenvalue weighted by molar-refractivity contribution is 9.11. The van der Waals surface area contributed by atoms with Crippen LogP contribution in [0.5, 0.6) is 5.75 Å². The van der Waals surface area contributed by atoms with Crippen LogP contribution in [-0.4, -0.2) is 23.6 Å². The fourth-order valence-electron chi connectivity index (χ4n) is 1.33. The number of carboxylic acid groups (broad SMARTS) is 1. The molecular weight excluding hydrogens is 450 g/mol. The molecule has 5 nitrogen and oxygen atoms in total. The first-order valence-corrected chi connectivity index (χ1v) is 7.54. The average Bonchev–Trinajstić information content (AvgIpc) is 2.26. The molecule has 0 aliphatic rings. The Kier molecular flexibility index (Phi) is 6.28. The number of nitrogens with two attached hydrogens (primary N) is 1. The normalized spacial score (nSPS) is 10.3. The highest BCUT2D eigenvalue weighted by Crippen LogP contribution is 2.40. The third-order valence-electron chi connectivity index (χ3n) is 2.16. The van der Waals surface area contributed by atoms with Crippen molar-refractivity contribution in [2.24, 2.45) is 5.73 Å². The minimum Gasteiger partial charge on any atom is -0.491 e. The van der Waals surface area contributed by atoms with Crippen LogP contribution >= 0.6 is 47.8 Å². The third-order valence-corrected chi connectivity index (χ3v) is 4.13. The zero-order valence-corrected chi connectivity index (χ0v) is 14.3. The largest absolute Gasteiger partial charge is 0.491 e. The van der Waals surface area contributed by atoms with E-state index in [1.165, 1.54) is 0 Å². The summed E-state index contributed by atoms with van der Waals surface area (Å²) in [5.41, 5.74) is 5.56. The highest BCUT2D eigenvalue weighted by Gasteiger charge is 2.19. The lowest BCUT2D eigenvalue weighted by Crippen LogP contribution is -2.13. The molecule has 0 aliphatic carbocycles. The Bertz CT molecular complexity index is 519. The van der Waals surface area contributed by atoms with Crippen LogP contribution in [-0.2, 0) is 4.79 Å². The minimum absolute atomic E-state index is 0.0223. The maximum absolute atomic E-state index is 11.3. The lowest BCUT2D eigenvalue weighted by atomic mass is 10.2. The van der Waals surface area contributed by atoms with Crippen molar-refractivity contribution in [1.82, 2.24) is 0 Å². The topological polar surface area (TPSA) is 89.6 Å². The van der Waals surface area contributed by atoms with Crippen molar-refractivity contribution in [3.05, 3.63) is 25.0 Å². The van der Waals surface area contributed by atoms with E-state index in [1.54, 1.807) is 6.07 Å². The molecule has 0 radical (unpaired) electrons. The van der Waals surface area contributed by atoms with Crippen molar-refractivity contribution in [2.45, 2.75) is 12.8 Å². The van der Waals surface area contributed by atoms with Crippen LogP contribution in [0.1, 0.15) is 23.2 Å². The van der Waals surface area contributed by atoms with Gasteiger partial charge in [-0.05, 0) is 60.3 Å². The average molecular weight is 460 g/mol. The van der Waals surface area contributed by atoms with Crippen LogP contribution in [0.4, 0.5) is 0 Å². The molecule has 0 saturated carbocycles. The smallest absolute Gasteiger partial charge is 0.303 e. The fraction of sp³-hybridized carbons (Fsp3) is 0.273. The van der Waals surface area contributed by atoms with Crippen molar-refractivity contribution in [3.8, 4) is 5.75 Å². The summed E-state index contributed by atoms with van der Waals surface area (Å²) in [6.07, 6.45) is 0.393. The molecule has 19 heavy (non-hydrogen) atoms. The van der Waals surface area contributed by atoms with E-state index in [9.17, 15) is 9.59 Å². The second-order valence-corrected chi connectivity index (χ2v) is 6.07. The van der Waals surface area contributed by atoms with Crippen LogP contribution in [0.2, 0.25) is 0 Å². The van der Waals surface area contributed by atoms with Gasteiger partial charge >= 0.3 is 5.97 Å². The lowest BCUT2D eigenvalue weighted by Gasteiger charge is -2.13. The molecule has 0 aliphatic heterocycles. The number of benzene rings is 1. The number of ether oxygens (including phenoxy) is 1. The Morgan fingerprint density at radius 1 is 1.26 bits per heavy atom. The molecule has 0 fully saturated rings. The molecule has 104 valence electrons. The molecule has 0 aromatic heterocycles.